The maximum absolute atomic E-state index is 12.7. The average molecular weight is 366 g/mol. The number of nitriles is 1. The number of benzene rings is 1. The topological polar surface area (TPSA) is 96.0 Å². The molecule has 0 atom stereocenters. The van der Waals surface area contributed by atoms with Gasteiger partial charge in [-0.15, -0.1) is 10.2 Å². The Bertz CT molecular complexity index is 971. The fourth-order valence-electron chi connectivity index (χ4n) is 2.05. The van der Waals surface area contributed by atoms with Crippen LogP contribution in [0.2, 0.25) is 0 Å². The maximum atomic E-state index is 12.7. The molecule has 0 aliphatic heterocycles. The first-order chi connectivity index (χ1) is 11.9. The van der Waals surface area contributed by atoms with Gasteiger partial charge in [-0.2, -0.15) is 28.0 Å². The molecule has 0 unspecified atom stereocenters. The molecule has 25 heavy (non-hydrogen) atoms. The Labute approximate surface area is 142 Å². The van der Waals surface area contributed by atoms with Crippen molar-refractivity contribution in [1.29, 1.82) is 5.26 Å². The Morgan fingerprint density at radius 2 is 2.16 bits per heavy atom. The lowest BCUT2D eigenvalue weighted by Gasteiger charge is -2.04. The van der Waals surface area contributed by atoms with Crippen LogP contribution >= 0.6 is 11.3 Å². The van der Waals surface area contributed by atoms with Gasteiger partial charge in [0.15, 0.2) is 0 Å². The van der Waals surface area contributed by atoms with E-state index in [0.29, 0.717) is 20.6 Å². The predicted octanol–water partition coefficient (Wildman–Crippen LogP) is 2.05. The molecular weight excluding hydrogens is 357 g/mol. The number of fused-ring (bicyclic) bond motifs is 1. The number of nitrogens with zero attached hydrogens (tertiary/aromatic N) is 5. The summed E-state index contributed by atoms with van der Waals surface area (Å²) in [6.07, 6.45) is -4.39. The van der Waals surface area contributed by atoms with Crippen molar-refractivity contribution in [2.45, 2.75) is 12.6 Å². The molecule has 1 N–H and O–H groups in total. The number of rotatable bonds is 4. The quantitative estimate of drug-likeness (QED) is 0.762. The third-order valence-corrected chi connectivity index (χ3v) is 4.12. The molecule has 1 amide bonds. The van der Waals surface area contributed by atoms with Gasteiger partial charge in [0, 0.05) is 18.5 Å². The van der Waals surface area contributed by atoms with Crippen LogP contribution in [0, 0.1) is 11.3 Å². The summed E-state index contributed by atoms with van der Waals surface area (Å²) >= 11 is 0.972. The first-order valence-electron chi connectivity index (χ1n) is 6.95. The summed E-state index contributed by atoms with van der Waals surface area (Å²) in [5.41, 5.74) is 0.692. The molecule has 0 fully saturated rings. The number of aromatic nitrogens is 4. The number of halogens is 3. The van der Waals surface area contributed by atoms with E-state index < -0.39 is 12.0 Å². The van der Waals surface area contributed by atoms with Crippen molar-refractivity contribution >= 4 is 22.2 Å². The molecule has 1 aromatic carbocycles. The van der Waals surface area contributed by atoms with Gasteiger partial charge < -0.3 is 5.32 Å². The fourth-order valence-corrected chi connectivity index (χ4v) is 2.88. The predicted molar refractivity (Wildman–Crippen MR) is 80.9 cm³/mol. The van der Waals surface area contributed by atoms with Crippen LogP contribution in [0.15, 0.2) is 24.3 Å². The molecule has 0 bridgehead atoms. The Hall–Kier alpha value is -3.00. The highest BCUT2D eigenvalue weighted by atomic mass is 32.1. The second-order valence-electron chi connectivity index (χ2n) is 4.91. The number of amides is 1. The zero-order chi connectivity index (χ0) is 18.0. The third kappa shape index (κ3) is 3.58. The summed E-state index contributed by atoms with van der Waals surface area (Å²) in [5.74, 6) is -1.56. The van der Waals surface area contributed by atoms with Gasteiger partial charge in [-0.05, 0) is 18.2 Å². The van der Waals surface area contributed by atoms with Crippen LogP contribution in [0.25, 0.3) is 4.96 Å². The summed E-state index contributed by atoms with van der Waals surface area (Å²) in [7, 11) is 0. The molecule has 128 valence electrons. The highest BCUT2D eigenvalue weighted by molar-refractivity contribution is 7.16. The van der Waals surface area contributed by atoms with Crippen molar-refractivity contribution in [1.82, 2.24) is 25.1 Å². The van der Waals surface area contributed by atoms with E-state index in [0.717, 1.165) is 11.3 Å². The van der Waals surface area contributed by atoms with Crippen LogP contribution in [0.5, 0.6) is 0 Å². The Kier molecular flexibility index (Phi) is 4.37. The summed E-state index contributed by atoms with van der Waals surface area (Å²) in [5, 5.41) is 22.2. The van der Waals surface area contributed by atoms with Crippen molar-refractivity contribution < 1.29 is 18.0 Å². The van der Waals surface area contributed by atoms with Crippen molar-refractivity contribution in [2.24, 2.45) is 0 Å². The number of carbonyl (C=O) groups excluding carboxylic acids is 1. The van der Waals surface area contributed by atoms with Gasteiger partial charge in [0.05, 0.1) is 11.6 Å². The normalized spacial score (nSPS) is 11.4. The van der Waals surface area contributed by atoms with E-state index in [1.807, 2.05) is 6.07 Å². The lowest BCUT2D eigenvalue weighted by Crippen LogP contribution is -2.25. The zero-order valence-electron chi connectivity index (χ0n) is 12.4. The summed E-state index contributed by atoms with van der Waals surface area (Å²) in [6, 6.07) is 8.12. The molecule has 3 aromatic rings. The highest BCUT2D eigenvalue weighted by Crippen LogP contribution is 2.28. The molecule has 0 radical (unpaired) electrons. The first-order valence-corrected chi connectivity index (χ1v) is 7.77. The largest absolute Gasteiger partial charge is 0.453 e. The van der Waals surface area contributed by atoms with Crippen LogP contribution in [-0.4, -0.2) is 32.3 Å². The molecule has 0 spiro atoms. The van der Waals surface area contributed by atoms with E-state index in [9.17, 15) is 18.0 Å². The number of hydrogen-bond donors (Lipinski definition) is 1. The number of hydrogen-bond acceptors (Lipinski definition) is 6. The highest BCUT2D eigenvalue weighted by Gasteiger charge is 2.38. The van der Waals surface area contributed by atoms with Crippen molar-refractivity contribution in [3.8, 4) is 6.07 Å². The van der Waals surface area contributed by atoms with Gasteiger partial charge in [0.1, 0.15) is 5.01 Å². The average Bonchev–Trinajstić information content (AvgIpc) is 3.14. The van der Waals surface area contributed by atoms with E-state index in [-0.39, 0.29) is 23.8 Å². The molecule has 11 heteroatoms. The van der Waals surface area contributed by atoms with Crippen LogP contribution in [0.3, 0.4) is 0 Å². The van der Waals surface area contributed by atoms with Crippen LogP contribution in [-0.2, 0) is 12.6 Å². The molecule has 0 aliphatic carbocycles. The van der Waals surface area contributed by atoms with E-state index in [1.165, 1.54) is 6.07 Å². The van der Waals surface area contributed by atoms with Gasteiger partial charge in [-0.25, -0.2) is 0 Å². The van der Waals surface area contributed by atoms with Crippen molar-refractivity contribution in [2.75, 3.05) is 6.54 Å². The summed E-state index contributed by atoms with van der Waals surface area (Å²) < 4.78 is 38.8. The SMILES string of the molecule is N#Cc1cccc(C(=O)NCCc2nn3c(C(F)(F)F)nnc3s2)c1. The molecule has 2 aromatic heterocycles. The minimum Gasteiger partial charge on any atom is -0.352 e. The van der Waals surface area contributed by atoms with Gasteiger partial charge in [0.2, 0.25) is 4.96 Å². The monoisotopic (exact) mass is 366 g/mol. The van der Waals surface area contributed by atoms with E-state index in [4.69, 9.17) is 5.26 Å². The number of nitrogens with one attached hydrogen (secondary N) is 1. The smallest absolute Gasteiger partial charge is 0.352 e. The second-order valence-corrected chi connectivity index (χ2v) is 5.95. The molecule has 0 saturated carbocycles. The molecule has 3 rings (SSSR count). The van der Waals surface area contributed by atoms with Crippen LogP contribution < -0.4 is 5.32 Å². The van der Waals surface area contributed by atoms with Crippen molar-refractivity contribution in [3.63, 3.8) is 0 Å². The number of alkyl halides is 3. The minimum atomic E-state index is -4.63. The number of carbonyl (C=O) groups is 1. The first kappa shape index (κ1) is 16.8. The lowest BCUT2D eigenvalue weighted by atomic mass is 10.1. The minimum absolute atomic E-state index is 0.0374. The zero-order valence-corrected chi connectivity index (χ0v) is 13.2. The lowest BCUT2D eigenvalue weighted by molar-refractivity contribution is -0.146. The molecule has 7 nitrogen and oxygen atoms in total. The molecule has 0 saturated heterocycles. The van der Waals surface area contributed by atoms with E-state index in [1.54, 1.807) is 18.2 Å². The van der Waals surface area contributed by atoms with Crippen LogP contribution in [0.1, 0.15) is 26.8 Å². The van der Waals surface area contributed by atoms with E-state index >= 15 is 0 Å². The molecule has 0 aliphatic rings. The second kappa shape index (κ2) is 6.48. The molecule has 2 heterocycles. The summed E-state index contributed by atoms with van der Waals surface area (Å²) in [4.78, 5) is 12.0. The standard InChI is InChI=1S/C14H9F3N6OS/c15-14(16,17)12-20-21-13-23(12)22-10(25-13)4-5-19-11(24)9-3-1-2-8(6-9)7-18/h1-3,6H,4-5H2,(H,19,24). The van der Waals surface area contributed by atoms with Crippen LogP contribution in [0.4, 0.5) is 13.2 Å². The summed E-state index contributed by atoms with van der Waals surface area (Å²) in [6.45, 7) is 0.182. The van der Waals surface area contributed by atoms with Gasteiger partial charge >= 0.3 is 6.18 Å². The molecular formula is C14H9F3N6OS. The maximum Gasteiger partial charge on any atom is 0.453 e. The van der Waals surface area contributed by atoms with Gasteiger partial charge in [0.25, 0.3) is 11.7 Å². The van der Waals surface area contributed by atoms with Gasteiger partial charge in [-0.1, -0.05) is 17.4 Å². The van der Waals surface area contributed by atoms with E-state index in [2.05, 4.69) is 20.6 Å². The van der Waals surface area contributed by atoms with Crippen molar-refractivity contribution in [3.05, 3.63) is 46.2 Å². The Morgan fingerprint density at radius 3 is 2.88 bits per heavy atom. The fraction of sp³-hybridized carbons (Fsp3) is 0.214. The Balaban J connectivity index is 1.64. The third-order valence-electron chi connectivity index (χ3n) is 3.16. The van der Waals surface area contributed by atoms with Gasteiger partial charge in [-0.3, -0.25) is 4.79 Å². The Morgan fingerprint density at radius 1 is 1.36 bits per heavy atom.